The second-order valence-electron chi connectivity index (χ2n) is 5.00. The maximum absolute atomic E-state index is 12.5. The zero-order valence-corrected chi connectivity index (χ0v) is 12.4. The summed E-state index contributed by atoms with van der Waals surface area (Å²) < 4.78 is 5.35. The quantitative estimate of drug-likeness (QED) is 0.923. The molecule has 20 heavy (non-hydrogen) atoms. The Labute approximate surface area is 121 Å². The Bertz CT molecular complexity index is 619. The van der Waals surface area contributed by atoms with Crippen LogP contribution in [0.3, 0.4) is 0 Å². The SMILES string of the molecule is Cc1ccc(-c2cc(C(=O)N3CCOC[C@@H]3C)n[nH]2)s1. The van der Waals surface area contributed by atoms with Gasteiger partial charge in [-0.1, -0.05) is 0 Å². The number of aromatic nitrogens is 2. The summed E-state index contributed by atoms with van der Waals surface area (Å²) >= 11 is 1.69. The molecule has 1 fully saturated rings. The highest BCUT2D eigenvalue weighted by Gasteiger charge is 2.26. The number of aryl methyl sites for hydroxylation is 1. The van der Waals surface area contributed by atoms with Crippen LogP contribution in [0.4, 0.5) is 0 Å². The lowest BCUT2D eigenvalue weighted by molar-refractivity contribution is 0.00327. The van der Waals surface area contributed by atoms with Crippen LogP contribution in [0.1, 0.15) is 22.3 Å². The predicted molar refractivity (Wildman–Crippen MR) is 78.0 cm³/mol. The third-order valence-corrected chi connectivity index (χ3v) is 4.47. The third kappa shape index (κ3) is 2.48. The van der Waals surface area contributed by atoms with Crippen molar-refractivity contribution in [3.8, 4) is 10.6 Å². The number of hydrogen-bond acceptors (Lipinski definition) is 4. The second-order valence-corrected chi connectivity index (χ2v) is 6.29. The number of ether oxygens (including phenoxy) is 1. The van der Waals surface area contributed by atoms with Crippen molar-refractivity contribution in [2.75, 3.05) is 19.8 Å². The van der Waals surface area contributed by atoms with Crippen molar-refractivity contribution in [2.45, 2.75) is 19.9 Å². The second kappa shape index (κ2) is 5.38. The van der Waals surface area contributed by atoms with E-state index in [9.17, 15) is 4.79 Å². The first-order valence-corrected chi connectivity index (χ1v) is 7.48. The highest BCUT2D eigenvalue weighted by Crippen LogP contribution is 2.26. The maximum Gasteiger partial charge on any atom is 0.274 e. The fourth-order valence-corrected chi connectivity index (χ4v) is 3.15. The van der Waals surface area contributed by atoms with Gasteiger partial charge in [0.2, 0.25) is 0 Å². The molecule has 1 aliphatic rings. The van der Waals surface area contributed by atoms with Crippen LogP contribution in [-0.2, 0) is 4.74 Å². The summed E-state index contributed by atoms with van der Waals surface area (Å²) in [5.74, 6) is -0.0309. The van der Waals surface area contributed by atoms with Gasteiger partial charge in [-0.2, -0.15) is 5.10 Å². The summed E-state index contributed by atoms with van der Waals surface area (Å²) in [5.41, 5.74) is 1.37. The number of amides is 1. The van der Waals surface area contributed by atoms with Crippen molar-refractivity contribution in [2.24, 2.45) is 0 Å². The van der Waals surface area contributed by atoms with Crippen molar-refractivity contribution < 1.29 is 9.53 Å². The fourth-order valence-electron chi connectivity index (χ4n) is 2.31. The molecule has 3 heterocycles. The largest absolute Gasteiger partial charge is 0.377 e. The molecule has 1 atom stereocenters. The summed E-state index contributed by atoms with van der Waals surface area (Å²) in [5, 5.41) is 7.11. The van der Waals surface area contributed by atoms with Crippen molar-refractivity contribution in [1.82, 2.24) is 15.1 Å². The van der Waals surface area contributed by atoms with Crippen LogP contribution in [0.5, 0.6) is 0 Å². The van der Waals surface area contributed by atoms with E-state index in [-0.39, 0.29) is 11.9 Å². The van der Waals surface area contributed by atoms with Gasteiger partial charge in [-0.3, -0.25) is 9.89 Å². The van der Waals surface area contributed by atoms with Gasteiger partial charge in [-0.05, 0) is 32.0 Å². The summed E-state index contributed by atoms with van der Waals surface area (Å²) in [6.45, 7) is 5.87. The van der Waals surface area contributed by atoms with E-state index in [4.69, 9.17) is 4.74 Å². The molecule has 1 saturated heterocycles. The van der Waals surface area contributed by atoms with E-state index in [0.717, 1.165) is 10.6 Å². The third-order valence-electron chi connectivity index (χ3n) is 3.43. The van der Waals surface area contributed by atoms with Gasteiger partial charge in [0.1, 0.15) is 0 Å². The molecule has 1 aliphatic heterocycles. The lowest BCUT2D eigenvalue weighted by atomic mass is 10.2. The molecule has 0 aliphatic carbocycles. The minimum atomic E-state index is -0.0309. The first-order chi connectivity index (χ1) is 9.65. The van der Waals surface area contributed by atoms with E-state index in [0.29, 0.717) is 25.5 Å². The van der Waals surface area contributed by atoms with Crippen molar-refractivity contribution in [3.05, 3.63) is 28.8 Å². The first-order valence-electron chi connectivity index (χ1n) is 6.66. The van der Waals surface area contributed by atoms with Crippen LogP contribution < -0.4 is 0 Å². The monoisotopic (exact) mass is 291 g/mol. The minimum absolute atomic E-state index is 0.0309. The molecule has 0 saturated carbocycles. The highest BCUT2D eigenvalue weighted by molar-refractivity contribution is 7.15. The number of carbonyl (C=O) groups is 1. The first kappa shape index (κ1) is 13.3. The molecule has 0 unspecified atom stereocenters. The van der Waals surface area contributed by atoms with Gasteiger partial charge >= 0.3 is 0 Å². The van der Waals surface area contributed by atoms with Crippen LogP contribution in [0.25, 0.3) is 10.6 Å². The Balaban J connectivity index is 1.81. The van der Waals surface area contributed by atoms with Gasteiger partial charge in [0.15, 0.2) is 5.69 Å². The molecule has 0 bridgehead atoms. The predicted octanol–water partition coefficient (Wildman–Crippen LogP) is 2.31. The molecule has 1 amide bonds. The summed E-state index contributed by atoms with van der Waals surface area (Å²) in [7, 11) is 0. The average Bonchev–Trinajstić information content (AvgIpc) is 3.07. The van der Waals surface area contributed by atoms with Crippen LogP contribution >= 0.6 is 11.3 Å². The lowest BCUT2D eigenvalue weighted by Crippen LogP contribution is -2.47. The van der Waals surface area contributed by atoms with E-state index in [2.05, 4.69) is 23.2 Å². The molecule has 0 aromatic carbocycles. The van der Waals surface area contributed by atoms with Crippen molar-refractivity contribution in [3.63, 3.8) is 0 Å². The molecule has 2 aromatic rings. The lowest BCUT2D eigenvalue weighted by Gasteiger charge is -2.32. The standard InChI is InChI=1S/C14H17N3O2S/c1-9-8-19-6-5-17(9)14(18)12-7-11(15-16-12)13-4-3-10(2)20-13/h3-4,7,9H,5-6,8H2,1-2H3,(H,15,16)/t9-/m0/s1. The smallest absolute Gasteiger partial charge is 0.274 e. The molecule has 0 radical (unpaired) electrons. The molecular formula is C14H17N3O2S. The van der Waals surface area contributed by atoms with Crippen molar-refractivity contribution in [1.29, 1.82) is 0 Å². The molecule has 2 aromatic heterocycles. The number of hydrogen-bond donors (Lipinski definition) is 1. The van der Waals surface area contributed by atoms with Crippen LogP contribution in [0.15, 0.2) is 18.2 Å². The summed E-state index contributed by atoms with van der Waals surface area (Å²) in [4.78, 5) is 16.6. The van der Waals surface area contributed by atoms with Gasteiger partial charge < -0.3 is 9.64 Å². The number of H-pyrrole nitrogens is 1. The molecule has 1 N–H and O–H groups in total. The van der Waals surface area contributed by atoms with Gasteiger partial charge in [-0.15, -0.1) is 11.3 Å². The summed E-state index contributed by atoms with van der Waals surface area (Å²) in [6.07, 6.45) is 0. The van der Waals surface area contributed by atoms with Gasteiger partial charge in [-0.25, -0.2) is 0 Å². The molecule has 0 spiro atoms. The van der Waals surface area contributed by atoms with E-state index in [1.807, 2.05) is 24.0 Å². The van der Waals surface area contributed by atoms with E-state index >= 15 is 0 Å². The van der Waals surface area contributed by atoms with Crippen LogP contribution in [0, 0.1) is 6.92 Å². The van der Waals surface area contributed by atoms with E-state index < -0.39 is 0 Å². The number of morpholine rings is 1. The Kier molecular flexibility index (Phi) is 3.58. The zero-order valence-electron chi connectivity index (χ0n) is 11.5. The number of rotatable bonds is 2. The molecule has 6 heteroatoms. The van der Waals surface area contributed by atoms with Crippen molar-refractivity contribution >= 4 is 17.2 Å². The van der Waals surface area contributed by atoms with Gasteiger partial charge in [0, 0.05) is 11.4 Å². The minimum Gasteiger partial charge on any atom is -0.377 e. The van der Waals surface area contributed by atoms with Crippen LogP contribution in [-0.4, -0.2) is 46.8 Å². The summed E-state index contributed by atoms with van der Waals surface area (Å²) in [6, 6.07) is 6.03. The van der Waals surface area contributed by atoms with E-state index in [1.54, 1.807) is 11.3 Å². The van der Waals surface area contributed by atoms with Crippen LogP contribution in [0.2, 0.25) is 0 Å². The number of nitrogens with zero attached hydrogens (tertiary/aromatic N) is 2. The molecular weight excluding hydrogens is 274 g/mol. The fraction of sp³-hybridized carbons (Fsp3) is 0.429. The maximum atomic E-state index is 12.5. The topological polar surface area (TPSA) is 58.2 Å². The molecule has 3 rings (SSSR count). The number of aromatic amines is 1. The highest BCUT2D eigenvalue weighted by atomic mass is 32.1. The average molecular weight is 291 g/mol. The van der Waals surface area contributed by atoms with Gasteiger partial charge in [0.05, 0.1) is 29.8 Å². The Morgan fingerprint density at radius 3 is 3.10 bits per heavy atom. The number of nitrogens with one attached hydrogen (secondary N) is 1. The molecule has 106 valence electrons. The van der Waals surface area contributed by atoms with Gasteiger partial charge in [0.25, 0.3) is 5.91 Å². The Hall–Kier alpha value is -1.66. The van der Waals surface area contributed by atoms with E-state index in [1.165, 1.54) is 4.88 Å². The normalized spacial score (nSPS) is 19.3. The number of carbonyl (C=O) groups excluding carboxylic acids is 1. The number of thiophene rings is 1. The molecule has 5 nitrogen and oxygen atoms in total. The Morgan fingerprint density at radius 2 is 2.40 bits per heavy atom. The zero-order chi connectivity index (χ0) is 14.1. The Morgan fingerprint density at radius 1 is 1.55 bits per heavy atom.